The third-order valence-electron chi connectivity index (χ3n) is 3.05. The van der Waals surface area contributed by atoms with Crippen LogP contribution in [0.1, 0.15) is 51.0 Å². The van der Waals surface area contributed by atoms with E-state index in [0.717, 1.165) is 18.7 Å². The number of benzene rings is 1. The molecule has 0 aromatic heterocycles. The molecule has 0 spiro atoms. The Bertz CT molecular complexity index is 341. The van der Waals surface area contributed by atoms with Gasteiger partial charge in [0, 0.05) is 6.54 Å². The van der Waals surface area contributed by atoms with Crippen molar-refractivity contribution in [3.8, 4) is 0 Å². The molecule has 0 saturated carbocycles. The minimum atomic E-state index is -0.186. The Hall–Kier alpha value is -0.410. The van der Waals surface area contributed by atoms with E-state index >= 15 is 0 Å². The first kappa shape index (κ1) is 15.6. The summed E-state index contributed by atoms with van der Waals surface area (Å²) in [5.74, 6) is -0.186. The van der Waals surface area contributed by atoms with Gasteiger partial charge in [0.25, 0.3) is 0 Å². The van der Waals surface area contributed by atoms with Crippen molar-refractivity contribution in [2.75, 3.05) is 6.54 Å². The van der Waals surface area contributed by atoms with E-state index in [4.69, 9.17) is 0 Å². The molecule has 1 rings (SSSR count). The van der Waals surface area contributed by atoms with Crippen molar-refractivity contribution < 1.29 is 4.39 Å². The van der Waals surface area contributed by atoms with E-state index in [1.807, 2.05) is 6.07 Å². The molecule has 102 valence electrons. The summed E-state index contributed by atoms with van der Waals surface area (Å²) in [5.41, 5.74) is 0.987. The SMILES string of the molecule is CCCCCCCCNCc1cccc(F)c1Br. The lowest BCUT2D eigenvalue weighted by Crippen LogP contribution is -2.15. The van der Waals surface area contributed by atoms with Crippen LogP contribution in [0.4, 0.5) is 4.39 Å². The maximum atomic E-state index is 13.3. The van der Waals surface area contributed by atoms with Crippen molar-refractivity contribution in [1.82, 2.24) is 5.32 Å². The van der Waals surface area contributed by atoms with E-state index in [-0.39, 0.29) is 5.82 Å². The summed E-state index contributed by atoms with van der Waals surface area (Å²) < 4.78 is 13.8. The number of hydrogen-bond donors (Lipinski definition) is 1. The summed E-state index contributed by atoms with van der Waals surface area (Å²) in [6.45, 7) is 3.97. The van der Waals surface area contributed by atoms with Crippen molar-refractivity contribution in [2.45, 2.75) is 52.0 Å². The summed E-state index contributed by atoms with van der Waals surface area (Å²) in [5, 5.41) is 3.36. The third kappa shape index (κ3) is 5.96. The van der Waals surface area contributed by atoms with Crippen LogP contribution in [0.15, 0.2) is 22.7 Å². The number of halogens is 2. The van der Waals surface area contributed by atoms with Gasteiger partial charge in [-0.25, -0.2) is 4.39 Å². The average Bonchev–Trinajstić information content (AvgIpc) is 2.37. The van der Waals surface area contributed by atoms with E-state index in [9.17, 15) is 4.39 Å². The van der Waals surface area contributed by atoms with Gasteiger partial charge in [-0.1, -0.05) is 51.2 Å². The highest BCUT2D eigenvalue weighted by Crippen LogP contribution is 2.20. The second kappa shape index (κ2) is 9.51. The second-order valence-corrected chi connectivity index (χ2v) is 5.45. The van der Waals surface area contributed by atoms with Crippen molar-refractivity contribution in [3.05, 3.63) is 34.1 Å². The number of nitrogens with one attached hydrogen (secondary N) is 1. The molecule has 1 aromatic carbocycles. The van der Waals surface area contributed by atoms with Crippen molar-refractivity contribution in [1.29, 1.82) is 0 Å². The average molecular weight is 316 g/mol. The van der Waals surface area contributed by atoms with Crippen LogP contribution in [-0.4, -0.2) is 6.54 Å². The van der Waals surface area contributed by atoms with Crippen LogP contribution in [-0.2, 0) is 6.54 Å². The fraction of sp³-hybridized carbons (Fsp3) is 0.600. The fourth-order valence-electron chi connectivity index (χ4n) is 1.94. The van der Waals surface area contributed by atoms with Gasteiger partial charge in [0.05, 0.1) is 4.47 Å². The summed E-state index contributed by atoms with van der Waals surface area (Å²) in [4.78, 5) is 0. The number of rotatable bonds is 9. The Balaban J connectivity index is 2.09. The molecular weight excluding hydrogens is 293 g/mol. The molecule has 1 nitrogen and oxygen atoms in total. The van der Waals surface area contributed by atoms with Crippen molar-refractivity contribution in [2.24, 2.45) is 0 Å². The monoisotopic (exact) mass is 315 g/mol. The molecule has 0 radical (unpaired) electrons. The summed E-state index contributed by atoms with van der Waals surface area (Å²) in [6, 6.07) is 5.17. The lowest BCUT2D eigenvalue weighted by atomic mass is 10.1. The molecule has 0 fully saturated rings. The number of unbranched alkanes of at least 4 members (excludes halogenated alkanes) is 5. The Kier molecular flexibility index (Phi) is 8.27. The van der Waals surface area contributed by atoms with Crippen LogP contribution in [0.25, 0.3) is 0 Å². The van der Waals surface area contributed by atoms with Crippen molar-refractivity contribution in [3.63, 3.8) is 0 Å². The molecule has 0 amide bonds. The van der Waals surface area contributed by atoms with E-state index in [2.05, 4.69) is 28.2 Å². The molecule has 1 aromatic rings. The van der Waals surface area contributed by atoms with Crippen molar-refractivity contribution >= 4 is 15.9 Å². The van der Waals surface area contributed by atoms with Gasteiger partial charge in [-0.15, -0.1) is 0 Å². The predicted octanol–water partition coefficient (Wildman–Crippen LogP) is 5.04. The Morgan fingerprint density at radius 2 is 1.83 bits per heavy atom. The summed E-state index contributed by atoms with van der Waals surface area (Å²) in [6.07, 6.45) is 7.83. The van der Waals surface area contributed by atoms with Gasteiger partial charge in [-0.05, 0) is 40.5 Å². The van der Waals surface area contributed by atoms with Crippen LogP contribution < -0.4 is 5.32 Å². The van der Waals surface area contributed by atoms with Gasteiger partial charge in [-0.2, -0.15) is 0 Å². The Labute approximate surface area is 118 Å². The maximum Gasteiger partial charge on any atom is 0.137 e. The first-order valence-corrected chi connectivity index (χ1v) is 7.68. The topological polar surface area (TPSA) is 12.0 Å². The molecular formula is C15H23BrFN. The molecule has 0 aliphatic carbocycles. The molecule has 18 heavy (non-hydrogen) atoms. The zero-order valence-electron chi connectivity index (χ0n) is 11.1. The zero-order chi connectivity index (χ0) is 13.2. The Morgan fingerprint density at radius 3 is 2.61 bits per heavy atom. The van der Waals surface area contributed by atoms with E-state index in [1.54, 1.807) is 6.07 Å². The quantitative estimate of drug-likeness (QED) is 0.630. The number of hydrogen-bond acceptors (Lipinski definition) is 1. The lowest BCUT2D eigenvalue weighted by Gasteiger charge is -2.07. The predicted molar refractivity (Wildman–Crippen MR) is 79.2 cm³/mol. The van der Waals surface area contributed by atoms with Gasteiger partial charge in [0.1, 0.15) is 5.82 Å². The third-order valence-corrected chi connectivity index (χ3v) is 3.94. The van der Waals surface area contributed by atoms with E-state index in [1.165, 1.54) is 44.6 Å². The molecule has 0 bridgehead atoms. The molecule has 1 N–H and O–H groups in total. The zero-order valence-corrected chi connectivity index (χ0v) is 12.7. The van der Waals surface area contributed by atoms with Gasteiger partial charge >= 0.3 is 0 Å². The van der Waals surface area contributed by atoms with Crippen LogP contribution in [0.2, 0.25) is 0 Å². The minimum Gasteiger partial charge on any atom is -0.313 e. The van der Waals surface area contributed by atoms with Gasteiger partial charge in [0.15, 0.2) is 0 Å². The highest BCUT2D eigenvalue weighted by Gasteiger charge is 2.03. The first-order chi connectivity index (χ1) is 8.75. The molecule has 0 atom stereocenters. The second-order valence-electron chi connectivity index (χ2n) is 4.66. The highest BCUT2D eigenvalue weighted by molar-refractivity contribution is 9.10. The van der Waals surface area contributed by atoms with Crippen LogP contribution in [0.5, 0.6) is 0 Å². The molecule has 3 heteroatoms. The van der Waals surface area contributed by atoms with Crippen LogP contribution >= 0.6 is 15.9 Å². The minimum absolute atomic E-state index is 0.186. The van der Waals surface area contributed by atoms with E-state index < -0.39 is 0 Å². The largest absolute Gasteiger partial charge is 0.313 e. The lowest BCUT2D eigenvalue weighted by molar-refractivity contribution is 0.568. The van der Waals surface area contributed by atoms with Crippen LogP contribution in [0, 0.1) is 5.82 Å². The molecule has 0 aliphatic rings. The fourth-order valence-corrected chi connectivity index (χ4v) is 2.34. The Morgan fingerprint density at radius 1 is 1.11 bits per heavy atom. The van der Waals surface area contributed by atoms with E-state index in [0.29, 0.717) is 4.47 Å². The normalized spacial score (nSPS) is 10.8. The summed E-state index contributed by atoms with van der Waals surface area (Å²) >= 11 is 3.28. The van der Waals surface area contributed by atoms with Gasteiger partial charge in [-0.3, -0.25) is 0 Å². The van der Waals surface area contributed by atoms with Gasteiger partial charge < -0.3 is 5.32 Å². The highest BCUT2D eigenvalue weighted by atomic mass is 79.9. The standard InChI is InChI=1S/C15H23BrFN/c1-2-3-4-5-6-7-11-18-12-13-9-8-10-14(17)15(13)16/h8-10,18H,2-7,11-12H2,1H3. The summed E-state index contributed by atoms with van der Waals surface area (Å²) in [7, 11) is 0. The maximum absolute atomic E-state index is 13.3. The molecule has 0 heterocycles. The first-order valence-electron chi connectivity index (χ1n) is 6.89. The molecule has 0 aliphatic heterocycles. The molecule has 0 unspecified atom stereocenters. The molecule has 0 saturated heterocycles. The van der Waals surface area contributed by atoms with Gasteiger partial charge in [0.2, 0.25) is 0 Å². The smallest absolute Gasteiger partial charge is 0.137 e. The van der Waals surface area contributed by atoms with Crippen LogP contribution in [0.3, 0.4) is 0 Å².